The van der Waals surface area contributed by atoms with E-state index in [0.717, 1.165) is 11.1 Å². The molecule has 1 N–H and O–H groups in total. The molecular weight excluding hydrogens is 292 g/mol. The van der Waals surface area contributed by atoms with Gasteiger partial charge >= 0.3 is 0 Å². The third-order valence-electron chi connectivity index (χ3n) is 4.00. The largest absolute Gasteiger partial charge is 0.288 e. The van der Waals surface area contributed by atoms with Crippen molar-refractivity contribution < 1.29 is 9.59 Å². The Bertz CT molecular complexity index is 853. The zero-order valence-corrected chi connectivity index (χ0v) is 12.5. The first kappa shape index (κ1) is 14.8. The standard InChI is InChI=1S/C17H14N4O2/c1-10(9-11-5-2-3-8-14(11)20-21-18)12-6-4-7-13-15(12)17(23)19-16(13)22/h2-8,10H,9H2,1H3,(H,19,22,23). The Kier molecular flexibility index (Phi) is 3.83. The average molecular weight is 306 g/mol. The second-order valence-corrected chi connectivity index (χ2v) is 5.48. The van der Waals surface area contributed by atoms with E-state index in [-0.39, 0.29) is 17.7 Å². The van der Waals surface area contributed by atoms with Crippen LogP contribution in [0.4, 0.5) is 5.69 Å². The minimum absolute atomic E-state index is 0.00311. The van der Waals surface area contributed by atoms with Crippen LogP contribution in [0.3, 0.4) is 0 Å². The molecular formula is C17H14N4O2. The van der Waals surface area contributed by atoms with Crippen LogP contribution in [0.1, 0.15) is 44.7 Å². The molecule has 0 aromatic heterocycles. The number of carbonyl (C=O) groups excluding carboxylic acids is 2. The normalized spacial score (nSPS) is 14.0. The smallest absolute Gasteiger partial charge is 0.259 e. The Morgan fingerprint density at radius 3 is 2.70 bits per heavy atom. The number of fused-ring (bicyclic) bond motifs is 1. The summed E-state index contributed by atoms with van der Waals surface area (Å²) < 4.78 is 0. The van der Waals surface area contributed by atoms with E-state index in [1.165, 1.54) is 0 Å². The van der Waals surface area contributed by atoms with E-state index in [2.05, 4.69) is 15.3 Å². The molecule has 3 rings (SSSR count). The van der Waals surface area contributed by atoms with E-state index in [1.54, 1.807) is 18.2 Å². The highest BCUT2D eigenvalue weighted by molar-refractivity contribution is 6.22. The highest BCUT2D eigenvalue weighted by Gasteiger charge is 2.30. The highest BCUT2D eigenvalue weighted by Crippen LogP contribution is 2.31. The summed E-state index contributed by atoms with van der Waals surface area (Å²) in [6.07, 6.45) is 0.604. The van der Waals surface area contributed by atoms with Crippen molar-refractivity contribution in [3.8, 4) is 0 Å². The summed E-state index contributed by atoms with van der Waals surface area (Å²) in [7, 11) is 0. The van der Waals surface area contributed by atoms with Gasteiger partial charge in [0.1, 0.15) is 0 Å². The first-order chi connectivity index (χ1) is 11.1. The SMILES string of the molecule is CC(Cc1ccccc1N=[N+]=[N-])c1cccc2c1C(=O)NC2=O. The van der Waals surface area contributed by atoms with Crippen LogP contribution in [0.2, 0.25) is 0 Å². The maximum Gasteiger partial charge on any atom is 0.259 e. The van der Waals surface area contributed by atoms with Gasteiger partial charge in [-0.3, -0.25) is 14.9 Å². The maximum absolute atomic E-state index is 12.0. The lowest BCUT2D eigenvalue weighted by Crippen LogP contribution is -2.20. The van der Waals surface area contributed by atoms with Crippen LogP contribution in [-0.4, -0.2) is 11.8 Å². The fraction of sp³-hybridized carbons (Fsp3) is 0.176. The summed E-state index contributed by atoms with van der Waals surface area (Å²) in [5, 5.41) is 6.03. The topological polar surface area (TPSA) is 94.9 Å². The lowest BCUT2D eigenvalue weighted by molar-refractivity contribution is 0.0879. The van der Waals surface area contributed by atoms with Gasteiger partial charge in [-0.15, -0.1) is 0 Å². The fourth-order valence-electron chi connectivity index (χ4n) is 2.93. The van der Waals surface area contributed by atoms with Crippen molar-refractivity contribution in [3.63, 3.8) is 0 Å². The first-order valence-corrected chi connectivity index (χ1v) is 7.23. The fourth-order valence-corrected chi connectivity index (χ4v) is 2.93. The molecule has 0 bridgehead atoms. The summed E-state index contributed by atoms with van der Waals surface area (Å²) in [5.74, 6) is -0.707. The van der Waals surface area contributed by atoms with Gasteiger partial charge in [-0.1, -0.05) is 48.4 Å². The van der Waals surface area contributed by atoms with E-state index >= 15 is 0 Å². The Morgan fingerprint density at radius 1 is 1.13 bits per heavy atom. The average Bonchev–Trinajstić information content (AvgIpc) is 2.84. The zero-order chi connectivity index (χ0) is 16.4. The van der Waals surface area contributed by atoms with Crippen LogP contribution in [0.15, 0.2) is 47.6 Å². The van der Waals surface area contributed by atoms with Crippen LogP contribution in [-0.2, 0) is 6.42 Å². The van der Waals surface area contributed by atoms with E-state index in [1.807, 2.05) is 31.2 Å². The molecule has 1 unspecified atom stereocenters. The Balaban J connectivity index is 1.97. The molecule has 1 aliphatic heterocycles. The molecule has 2 aromatic carbocycles. The van der Waals surface area contributed by atoms with Crippen molar-refractivity contribution in [2.45, 2.75) is 19.3 Å². The lowest BCUT2D eigenvalue weighted by Gasteiger charge is -2.16. The van der Waals surface area contributed by atoms with Gasteiger partial charge in [0.2, 0.25) is 0 Å². The highest BCUT2D eigenvalue weighted by atomic mass is 16.2. The minimum atomic E-state index is -0.353. The molecule has 0 spiro atoms. The third kappa shape index (κ3) is 2.67. The van der Waals surface area contributed by atoms with Crippen molar-refractivity contribution in [1.82, 2.24) is 5.32 Å². The molecule has 1 aliphatic rings. The van der Waals surface area contributed by atoms with Gasteiger partial charge in [0.05, 0.1) is 11.1 Å². The van der Waals surface area contributed by atoms with Crippen molar-refractivity contribution in [2.75, 3.05) is 0 Å². The number of hydrogen-bond donors (Lipinski definition) is 1. The van der Waals surface area contributed by atoms with Crippen molar-refractivity contribution in [2.24, 2.45) is 5.11 Å². The third-order valence-corrected chi connectivity index (χ3v) is 4.00. The van der Waals surface area contributed by atoms with Crippen LogP contribution >= 0.6 is 0 Å². The van der Waals surface area contributed by atoms with Gasteiger partial charge in [0.15, 0.2) is 0 Å². The molecule has 23 heavy (non-hydrogen) atoms. The number of rotatable bonds is 4. The van der Waals surface area contributed by atoms with E-state index < -0.39 is 0 Å². The number of azide groups is 1. The summed E-state index contributed by atoms with van der Waals surface area (Å²) in [6, 6.07) is 12.6. The number of amides is 2. The monoisotopic (exact) mass is 306 g/mol. The van der Waals surface area contributed by atoms with Gasteiger partial charge in [0.25, 0.3) is 11.8 Å². The predicted octanol–water partition coefficient (Wildman–Crippen LogP) is 3.86. The molecule has 0 radical (unpaired) electrons. The summed E-state index contributed by atoms with van der Waals surface area (Å²) in [5.41, 5.74) is 11.8. The minimum Gasteiger partial charge on any atom is -0.288 e. The maximum atomic E-state index is 12.0. The van der Waals surface area contributed by atoms with Crippen LogP contribution < -0.4 is 5.32 Å². The number of carbonyl (C=O) groups is 2. The second kappa shape index (κ2) is 5.94. The summed E-state index contributed by atoms with van der Waals surface area (Å²) >= 11 is 0. The number of imide groups is 1. The van der Waals surface area contributed by atoms with Crippen molar-refractivity contribution in [1.29, 1.82) is 0 Å². The second-order valence-electron chi connectivity index (χ2n) is 5.48. The molecule has 2 amide bonds. The summed E-state index contributed by atoms with van der Waals surface area (Å²) in [4.78, 5) is 26.6. The Labute approximate surface area is 132 Å². The van der Waals surface area contributed by atoms with Crippen LogP contribution in [0.25, 0.3) is 10.4 Å². The lowest BCUT2D eigenvalue weighted by atomic mass is 9.88. The number of hydrogen-bond acceptors (Lipinski definition) is 3. The molecule has 0 saturated carbocycles. The number of nitrogens with one attached hydrogen (secondary N) is 1. The molecule has 0 aliphatic carbocycles. The van der Waals surface area contributed by atoms with Gasteiger partial charge in [0, 0.05) is 10.6 Å². The van der Waals surface area contributed by atoms with Gasteiger partial charge in [-0.2, -0.15) is 0 Å². The number of benzene rings is 2. The van der Waals surface area contributed by atoms with Gasteiger partial charge < -0.3 is 0 Å². The van der Waals surface area contributed by atoms with Crippen LogP contribution in [0, 0.1) is 0 Å². The van der Waals surface area contributed by atoms with E-state index in [0.29, 0.717) is 23.2 Å². The van der Waals surface area contributed by atoms with Crippen molar-refractivity contribution >= 4 is 17.5 Å². The zero-order valence-electron chi connectivity index (χ0n) is 12.5. The molecule has 6 heteroatoms. The quantitative estimate of drug-likeness (QED) is 0.402. The van der Waals surface area contributed by atoms with Gasteiger partial charge in [-0.05, 0) is 35.1 Å². The Morgan fingerprint density at radius 2 is 1.91 bits per heavy atom. The molecule has 0 saturated heterocycles. The first-order valence-electron chi connectivity index (χ1n) is 7.23. The van der Waals surface area contributed by atoms with Gasteiger partial charge in [-0.25, -0.2) is 0 Å². The van der Waals surface area contributed by atoms with E-state index in [9.17, 15) is 9.59 Å². The molecule has 114 valence electrons. The molecule has 6 nitrogen and oxygen atoms in total. The molecule has 0 fully saturated rings. The summed E-state index contributed by atoms with van der Waals surface area (Å²) in [6.45, 7) is 1.98. The predicted molar refractivity (Wildman–Crippen MR) is 85.6 cm³/mol. The van der Waals surface area contributed by atoms with E-state index in [4.69, 9.17) is 5.53 Å². The number of nitrogens with zero attached hydrogens (tertiary/aromatic N) is 3. The van der Waals surface area contributed by atoms with Crippen molar-refractivity contribution in [3.05, 3.63) is 75.2 Å². The molecule has 2 aromatic rings. The molecule has 1 atom stereocenters. The van der Waals surface area contributed by atoms with Crippen LogP contribution in [0.5, 0.6) is 0 Å². The Hall–Kier alpha value is -3.11. The molecule has 1 heterocycles.